The van der Waals surface area contributed by atoms with E-state index in [1.54, 1.807) is 0 Å². The van der Waals surface area contributed by atoms with Gasteiger partial charge in [0.15, 0.2) is 0 Å². The Morgan fingerprint density at radius 1 is 1.11 bits per heavy atom. The second-order valence-electron chi connectivity index (χ2n) is 10.9. The number of ether oxygens (including phenoxy) is 1. The largest absolute Gasteiger partial charge is 0.465 e. The van der Waals surface area contributed by atoms with E-state index >= 15 is 0 Å². The fraction of sp³-hybridized carbons (Fsp3) is 0.607. The number of aryl methyl sites for hydroxylation is 1. The Labute approximate surface area is 218 Å². The second-order valence-corrected chi connectivity index (χ2v) is 10.9. The quantitative estimate of drug-likeness (QED) is 0.639. The van der Waals surface area contributed by atoms with Gasteiger partial charge in [0.25, 0.3) is 0 Å². The number of carbonyl (C=O) groups is 1. The third-order valence-corrected chi connectivity index (χ3v) is 8.77. The van der Waals surface area contributed by atoms with E-state index in [-0.39, 0.29) is 6.04 Å². The van der Waals surface area contributed by atoms with Crippen LogP contribution < -0.4 is 10.1 Å². The summed E-state index contributed by atoms with van der Waals surface area (Å²) in [6.07, 6.45) is 5.72. The predicted molar refractivity (Wildman–Crippen MR) is 140 cm³/mol. The molecule has 6 rings (SSSR count). The number of nitrogens with zero attached hydrogens (tertiary/aromatic N) is 5. The third kappa shape index (κ3) is 4.92. The molecule has 2 fully saturated rings. The Hall–Kier alpha value is -2.75. The summed E-state index contributed by atoms with van der Waals surface area (Å²) in [6.45, 7) is 4.96. The van der Waals surface area contributed by atoms with Gasteiger partial charge >= 0.3 is 12.1 Å². The van der Waals surface area contributed by atoms with Crippen molar-refractivity contribution in [2.24, 2.45) is 0 Å². The first-order valence-electron chi connectivity index (χ1n) is 13.8. The Morgan fingerprint density at radius 2 is 2.00 bits per heavy atom. The highest BCUT2D eigenvalue weighted by molar-refractivity contribution is 5.66. The average Bonchev–Trinajstić information content (AvgIpc) is 3.35. The lowest BCUT2D eigenvalue weighted by Crippen LogP contribution is -2.49. The van der Waals surface area contributed by atoms with Crippen molar-refractivity contribution in [1.29, 1.82) is 0 Å². The van der Waals surface area contributed by atoms with Crippen molar-refractivity contribution in [2.75, 3.05) is 46.4 Å². The molecular formula is C28H38N6O3. The lowest BCUT2D eigenvalue weighted by atomic mass is 9.85. The van der Waals surface area contributed by atoms with Gasteiger partial charge < -0.3 is 20.1 Å². The maximum absolute atomic E-state index is 12.1. The highest BCUT2D eigenvalue weighted by atomic mass is 16.5. The van der Waals surface area contributed by atoms with E-state index in [1.165, 1.54) is 28.9 Å². The van der Waals surface area contributed by atoms with E-state index in [9.17, 15) is 9.90 Å². The molecule has 0 bridgehead atoms. The van der Waals surface area contributed by atoms with Gasteiger partial charge in [-0.3, -0.25) is 9.80 Å². The molecule has 2 saturated heterocycles. The van der Waals surface area contributed by atoms with E-state index < -0.39 is 6.09 Å². The number of hydrogen-bond donors (Lipinski definition) is 2. The number of benzene rings is 1. The molecule has 9 nitrogen and oxygen atoms in total. The molecule has 2 unspecified atom stereocenters. The minimum Gasteiger partial charge on any atom is -0.465 e. The van der Waals surface area contributed by atoms with Crippen LogP contribution in [0.2, 0.25) is 0 Å². The van der Waals surface area contributed by atoms with Crippen LogP contribution in [0.5, 0.6) is 6.01 Å². The SMILES string of the molecule is CN1CCC[C@H]1COc1nc2c(c(C3CNCCN3C(=O)O)n1)CCN(C1CCCc3ccccc31)C2. The molecule has 1 aromatic heterocycles. The van der Waals surface area contributed by atoms with E-state index in [0.717, 1.165) is 62.3 Å². The molecule has 1 aliphatic carbocycles. The molecule has 0 saturated carbocycles. The van der Waals surface area contributed by atoms with Crippen LogP contribution in [-0.2, 0) is 19.4 Å². The van der Waals surface area contributed by atoms with Gasteiger partial charge in [-0.1, -0.05) is 24.3 Å². The van der Waals surface area contributed by atoms with E-state index in [2.05, 4.69) is 46.4 Å². The average molecular weight is 507 g/mol. The summed E-state index contributed by atoms with van der Waals surface area (Å²) in [4.78, 5) is 28.4. The fourth-order valence-electron chi connectivity index (χ4n) is 6.71. The van der Waals surface area contributed by atoms with Crippen LogP contribution in [0.25, 0.3) is 0 Å². The zero-order valence-electron chi connectivity index (χ0n) is 21.7. The van der Waals surface area contributed by atoms with Gasteiger partial charge in [-0.05, 0) is 63.2 Å². The van der Waals surface area contributed by atoms with Gasteiger partial charge in [-0.15, -0.1) is 0 Å². The standard InChI is InChI=1S/C28H38N6O3/c1-32-13-5-8-20(32)18-37-27-30-23-17-33(24-10-4-7-19-6-2-3-9-21(19)24)14-11-22(23)26(31-27)25-16-29-12-15-34(25)28(35)36/h2-3,6,9,20,24-25,29H,4-5,7-8,10-18H2,1H3,(H,35,36)/t20-,24?,25?/m0/s1. The first-order chi connectivity index (χ1) is 18.1. The van der Waals surface area contributed by atoms with Crippen LogP contribution >= 0.6 is 0 Å². The molecule has 1 amide bonds. The molecule has 2 aromatic rings. The van der Waals surface area contributed by atoms with E-state index in [0.29, 0.717) is 44.3 Å². The van der Waals surface area contributed by atoms with Gasteiger partial charge in [-0.25, -0.2) is 4.79 Å². The molecule has 198 valence electrons. The van der Waals surface area contributed by atoms with Crippen molar-refractivity contribution >= 4 is 6.09 Å². The number of rotatable bonds is 5. The number of amides is 1. The number of piperazine rings is 1. The molecule has 37 heavy (non-hydrogen) atoms. The number of fused-ring (bicyclic) bond motifs is 2. The van der Waals surface area contributed by atoms with Crippen molar-refractivity contribution in [2.45, 2.75) is 63.2 Å². The monoisotopic (exact) mass is 506 g/mol. The number of carboxylic acid groups (broad SMARTS) is 1. The van der Waals surface area contributed by atoms with Crippen molar-refractivity contribution in [1.82, 2.24) is 30.0 Å². The first-order valence-corrected chi connectivity index (χ1v) is 13.8. The van der Waals surface area contributed by atoms with Crippen LogP contribution in [0.15, 0.2) is 24.3 Å². The fourth-order valence-corrected chi connectivity index (χ4v) is 6.71. The second kappa shape index (κ2) is 10.6. The van der Waals surface area contributed by atoms with Gasteiger partial charge in [0, 0.05) is 50.4 Å². The minimum atomic E-state index is -0.898. The Bertz CT molecular complexity index is 1140. The maximum Gasteiger partial charge on any atom is 0.407 e. The highest BCUT2D eigenvalue weighted by Crippen LogP contribution is 2.38. The predicted octanol–water partition coefficient (Wildman–Crippen LogP) is 3.01. The normalized spacial score (nSPS) is 26.5. The number of aromatic nitrogens is 2. The van der Waals surface area contributed by atoms with Crippen LogP contribution in [0, 0.1) is 0 Å². The summed E-state index contributed by atoms with van der Waals surface area (Å²) < 4.78 is 6.22. The zero-order chi connectivity index (χ0) is 25.4. The molecule has 1 aromatic carbocycles. The zero-order valence-corrected chi connectivity index (χ0v) is 21.7. The molecule has 9 heteroatoms. The summed E-state index contributed by atoms with van der Waals surface area (Å²) in [5.41, 5.74) is 5.82. The number of likely N-dealkylation sites (N-methyl/N-ethyl adjacent to an activating group) is 1. The lowest BCUT2D eigenvalue weighted by Gasteiger charge is -2.40. The lowest BCUT2D eigenvalue weighted by molar-refractivity contribution is 0.108. The summed E-state index contributed by atoms with van der Waals surface area (Å²) in [7, 11) is 2.14. The Morgan fingerprint density at radius 3 is 2.84 bits per heavy atom. The van der Waals surface area contributed by atoms with E-state index in [4.69, 9.17) is 14.7 Å². The summed E-state index contributed by atoms with van der Waals surface area (Å²) in [5, 5.41) is 13.3. The van der Waals surface area contributed by atoms with Gasteiger partial charge in [-0.2, -0.15) is 9.97 Å². The summed E-state index contributed by atoms with van der Waals surface area (Å²) in [6, 6.07) is 9.65. The van der Waals surface area contributed by atoms with E-state index in [1.807, 2.05) is 0 Å². The molecular weight excluding hydrogens is 468 g/mol. The molecule has 4 aliphatic rings. The molecule has 0 radical (unpaired) electrons. The van der Waals surface area contributed by atoms with Gasteiger partial charge in [0.1, 0.15) is 6.61 Å². The third-order valence-electron chi connectivity index (χ3n) is 8.77. The maximum atomic E-state index is 12.1. The summed E-state index contributed by atoms with van der Waals surface area (Å²) in [5.74, 6) is 0. The van der Waals surface area contributed by atoms with Crippen molar-refractivity contribution in [3.63, 3.8) is 0 Å². The van der Waals surface area contributed by atoms with Gasteiger partial charge in [0.05, 0.1) is 17.4 Å². The molecule has 0 spiro atoms. The number of nitrogens with one attached hydrogen (secondary N) is 1. The highest BCUT2D eigenvalue weighted by Gasteiger charge is 2.36. The Kier molecular flexibility index (Phi) is 7.01. The molecule has 4 heterocycles. The Balaban J connectivity index is 1.32. The molecule has 3 atom stereocenters. The molecule has 3 aliphatic heterocycles. The summed E-state index contributed by atoms with van der Waals surface area (Å²) >= 11 is 0. The van der Waals surface area contributed by atoms with Crippen LogP contribution in [0.4, 0.5) is 4.79 Å². The number of likely N-dealkylation sites (tertiary alicyclic amines) is 1. The van der Waals surface area contributed by atoms with Crippen LogP contribution in [0.3, 0.4) is 0 Å². The van der Waals surface area contributed by atoms with Gasteiger partial charge in [0.2, 0.25) is 0 Å². The number of hydrogen-bond acceptors (Lipinski definition) is 7. The van der Waals surface area contributed by atoms with Crippen molar-refractivity contribution in [3.8, 4) is 6.01 Å². The smallest absolute Gasteiger partial charge is 0.407 e. The first kappa shape index (κ1) is 24.6. The van der Waals surface area contributed by atoms with Crippen molar-refractivity contribution < 1.29 is 14.6 Å². The van der Waals surface area contributed by atoms with Crippen LogP contribution in [0.1, 0.15) is 65.8 Å². The minimum absolute atomic E-state index is 0.332. The topological polar surface area (TPSA) is 94.1 Å². The van der Waals surface area contributed by atoms with Crippen molar-refractivity contribution in [3.05, 3.63) is 52.3 Å². The molecule has 2 N–H and O–H groups in total. The van der Waals surface area contributed by atoms with Crippen LogP contribution in [-0.4, -0.2) is 88.3 Å².